The summed E-state index contributed by atoms with van der Waals surface area (Å²) in [6.45, 7) is 7.63. The van der Waals surface area contributed by atoms with Gasteiger partial charge in [0.25, 0.3) is 0 Å². The summed E-state index contributed by atoms with van der Waals surface area (Å²) in [6, 6.07) is 3.23. The van der Waals surface area contributed by atoms with Crippen molar-refractivity contribution >= 4 is 11.8 Å². The van der Waals surface area contributed by atoms with Crippen LogP contribution in [0, 0.1) is 0 Å². The van der Waals surface area contributed by atoms with Crippen molar-refractivity contribution in [3.8, 4) is 0 Å². The smallest absolute Gasteiger partial charge is 0.335 e. The van der Waals surface area contributed by atoms with Gasteiger partial charge in [0, 0.05) is 31.4 Å². The molecule has 0 saturated carbocycles. The topological polar surface area (TPSA) is 71.5 Å². The number of carbonyl (C=O) groups is 1. The van der Waals surface area contributed by atoms with E-state index in [1.54, 1.807) is 19.2 Å². The van der Waals surface area contributed by atoms with Gasteiger partial charge in [-0.15, -0.1) is 0 Å². The molecule has 2 N–H and O–H groups in total. The van der Waals surface area contributed by atoms with E-state index in [4.69, 9.17) is 4.74 Å². The van der Waals surface area contributed by atoms with Crippen LogP contribution in [0.2, 0.25) is 0 Å². The molecule has 0 aliphatic rings. The zero-order chi connectivity index (χ0) is 15.9. The number of pyridine rings is 1. The minimum Gasteiger partial charge on any atom is -0.478 e. The van der Waals surface area contributed by atoms with Gasteiger partial charge < -0.3 is 15.2 Å². The molecule has 0 saturated heterocycles. The molecule has 0 aliphatic heterocycles. The second kappa shape index (κ2) is 7.98. The molecule has 1 heterocycles. The molecule has 1 aromatic rings. The highest BCUT2D eigenvalue weighted by atomic mass is 16.5. The van der Waals surface area contributed by atoms with Gasteiger partial charge in [0.05, 0.1) is 5.56 Å². The normalized spacial score (nSPS) is 11.4. The van der Waals surface area contributed by atoms with Crippen LogP contribution in [0.1, 0.15) is 56.1 Å². The molecule has 1 rings (SSSR count). The molecule has 5 nitrogen and oxygen atoms in total. The van der Waals surface area contributed by atoms with Crippen molar-refractivity contribution in [3.63, 3.8) is 0 Å². The van der Waals surface area contributed by atoms with Crippen molar-refractivity contribution in [2.24, 2.45) is 0 Å². The number of anilines is 1. The molecule has 118 valence electrons. The fraction of sp³-hybridized carbons (Fsp3) is 0.625. The molecular formula is C16H26N2O3. The van der Waals surface area contributed by atoms with Crippen LogP contribution in [0.15, 0.2) is 12.1 Å². The summed E-state index contributed by atoms with van der Waals surface area (Å²) < 4.78 is 5.00. The first kappa shape index (κ1) is 17.4. The minimum atomic E-state index is -0.925. The fourth-order valence-corrected chi connectivity index (χ4v) is 1.89. The van der Waals surface area contributed by atoms with Crippen LogP contribution < -0.4 is 5.32 Å². The number of rotatable bonds is 8. The molecule has 0 radical (unpaired) electrons. The first-order valence-corrected chi connectivity index (χ1v) is 7.33. The zero-order valence-electron chi connectivity index (χ0n) is 13.4. The van der Waals surface area contributed by atoms with Crippen LogP contribution in [0.25, 0.3) is 0 Å². The van der Waals surface area contributed by atoms with Gasteiger partial charge in [-0.1, -0.05) is 20.8 Å². The number of aromatic carboxylic acids is 1. The van der Waals surface area contributed by atoms with Crippen molar-refractivity contribution in [1.29, 1.82) is 0 Å². The van der Waals surface area contributed by atoms with E-state index in [2.05, 4.69) is 10.3 Å². The van der Waals surface area contributed by atoms with Gasteiger partial charge >= 0.3 is 5.97 Å². The summed E-state index contributed by atoms with van der Waals surface area (Å²) >= 11 is 0. The Balaban J connectivity index is 2.68. The number of methoxy groups -OCH3 is 1. The Morgan fingerprint density at radius 3 is 2.57 bits per heavy atom. The van der Waals surface area contributed by atoms with Gasteiger partial charge in [0.1, 0.15) is 5.82 Å². The summed E-state index contributed by atoms with van der Waals surface area (Å²) in [4.78, 5) is 15.7. The predicted octanol–water partition coefficient (Wildman–Crippen LogP) is 3.31. The maximum Gasteiger partial charge on any atom is 0.335 e. The van der Waals surface area contributed by atoms with Crippen LogP contribution in [0.5, 0.6) is 0 Å². The molecule has 1 aromatic heterocycles. The quantitative estimate of drug-likeness (QED) is 0.720. The van der Waals surface area contributed by atoms with E-state index in [1.807, 2.05) is 20.8 Å². The Kier molecular flexibility index (Phi) is 6.62. The highest BCUT2D eigenvalue weighted by molar-refractivity contribution is 5.88. The maximum atomic E-state index is 11.2. The van der Waals surface area contributed by atoms with Gasteiger partial charge in [-0.2, -0.15) is 0 Å². The predicted molar refractivity (Wildman–Crippen MR) is 84.1 cm³/mol. The summed E-state index contributed by atoms with van der Waals surface area (Å²) in [5.74, 6) is -0.294. The van der Waals surface area contributed by atoms with E-state index >= 15 is 0 Å². The molecule has 0 bridgehead atoms. The summed E-state index contributed by atoms with van der Waals surface area (Å²) in [7, 11) is 1.70. The number of aromatic nitrogens is 1. The van der Waals surface area contributed by atoms with Crippen molar-refractivity contribution in [2.45, 2.75) is 45.4 Å². The average molecular weight is 294 g/mol. The van der Waals surface area contributed by atoms with Gasteiger partial charge in [-0.05, 0) is 31.4 Å². The minimum absolute atomic E-state index is 0.180. The van der Waals surface area contributed by atoms with E-state index in [0.29, 0.717) is 5.82 Å². The van der Waals surface area contributed by atoms with Crippen molar-refractivity contribution in [2.75, 3.05) is 25.6 Å². The lowest BCUT2D eigenvalue weighted by molar-refractivity contribution is 0.0696. The van der Waals surface area contributed by atoms with Crippen molar-refractivity contribution < 1.29 is 14.6 Å². The lowest BCUT2D eigenvalue weighted by Gasteiger charge is -2.19. The average Bonchev–Trinajstić information content (AvgIpc) is 2.41. The maximum absolute atomic E-state index is 11.2. The summed E-state index contributed by atoms with van der Waals surface area (Å²) in [6.07, 6.45) is 3.12. The Morgan fingerprint density at radius 2 is 2.00 bits per heavy atom. The van der Waals surface area contributed by atoms with E-state index in [9.17, 15) is 9.90 Å². The largest absolute Gasteiger partial charge is 0.478 e. The monoisotopic (exact) mass is 294 g/mol. The third-order valence-corrected chi connectivity index (χ3v) is 3.17. The van der Waals surface area contributed by atoms with Crippen LogP contribution in [-0.2, 0) is 10.2 Å². The number of unbranched alkanes of at least 4 members (excludes halogenated alkanes) is 2. The molecule has 0 aromatic carbocycles. The van der Waals surface area contributed by atoms with Gasteiger partial charge in [0.2, 0.25) is 0 Å². The molecule has 21 heavy (non-hydrogen) atoms. The highest BCUT2D eigenvalue weighted by Gasteiger charge is 2.18. The molecule has 0 aliphatic carbocycles. The second-order valence-electron chi connectivity index (χ2n) is 6.16. The van der Waals surface area contributed by atoms with Crippen LogP contribution in [0.4, 0.5) is 5.82 Å². The fourth-order valence-electron chi connectivity index (χ4n) is 1.89. The number of hydrogen-bond acceptors (Lipinski definition) is 4. The van der Waals surface area contributed by atoms with Gasteiger partial charge in [-0.3, -0.25) is 0 Å². The SMILES string of the molecule is COCCCCCNc1cc(C(=O)O)cc(C(C)(C)C)n1. The Morgan fingerprint density at radius 1 is 1.29 bits per heavy atom. The summed E-state index contributed by atoms with van der Waals surface area (Å²) in [5.41, 5.74) is 0.876. The Bertz CT molecular complexity index is 467. The van der Waals surface area contributed by atoms with E-state index in [-0.39, 0.29) is 11.0 Å². The molecule has 0 fully saturated rings. The van der Waals surface area contributed by atoms with Crippen LogP contribution in [-0.4, -0.2) is 36.3 Å². The molecule has 0 atom stereocenters. The van der Waals surface area contributed by atoms with Crippen LogP contribution >= 0.6 is 0 Å². The first-order chi connectivity index (χ1) is 9.84. The second-order valence-corrected chi connectivity index (χ2v) is 6.16. The van der Waals surface area contributed by atoms with Gasteiger partial charge in [-0.25, -0.2) is 9.78 Å². The third-order valence-electron chi connectivity index (χ3n) is 3.17. The van der Waals surface area contributed by atoms with Crippen molar-refractivity contribution in [3.05, 3.63) is 23.4 Å². The lowest BCUT2D eigenvalue weighted by atomic mass is 9.91. The molecule has 0 amide bonds. The number of carboxylic acids is 1. The number of nitrogens with one attached hydrogen (secondary N) is 1. The molecular weight excluding hydrogens is 268 g/mol. The van der Waals surface area contributed by atoms with Gasteiger partial charge in [0.15, 0.2) is 0 Å². The lowest BCUT2D eigenvalue weighted by Crippen LogP contribution is -2.17. The number of carboxylic acid groups (broad SMARTS) is 1. The van der Waals surface area contributed by atoms with Crippen molar-refractivity contribution in [1.82, 2.24) is 4.98 Å². The molecule has 5 heteroatoms. The number of hydrogen-bond donors (Lipinski definition) is 2. The third kappa shape index (κ3) is 6.12. The Labute approximate surface area is 126 Å². The number of nitrogens with zero attached hydrogens (tertiary/aromatic N) is 1. The standard InChI is InChI=1S/C16H26N2O3/c1-16(2,3)13-10-12(15(19)20)11-14(18-13)17-8-6-5-7-9-21-4/h10-11H,5-9H2,1-4H3,(H,17,18)(H,19,20). The van der Waals surface area contributed by atoms with E-state index in [1.165, 1.54) is 0 Å². The highest BCUT2D eigenvalue weighted by Crippen LogP contribution is 2.23. The molecule has 0 unspecified atom stereocenters. The number of ether oxygens (including phenoxy) is 1. The zero-order valence-corrected chi connectivity index (χ0v) is 13.4. The summed E-state index contributed by atoms with van der Waals surface area (Å²) in [5, 5.41) is 12.4. The van der Waals surface area contributed by atoms with E-state index in [0.717, 1.165) is 38.1 Å². The van der Waals surface area contributed by atoms with Crippen LogP contribution in [0.3, 0.4) is 0 Å². The first-order valence-electron chi connectivity index (χ1n) is 7.33. The van der Waals surface area contributed by atoms with E-state index < -0.39 is 5.97 Å². The Hall–Kier alpha value is -1.62. The molecule has 0 spiro atoms.